The van der Waals surface area contributed by atoms with E-state index in [2.05, 4.69) is 75.4 Å². The zero-order chi connectivity index (χ0) is 20.2. The van der Waals surface area contributed by atoms with Crippen LogP contribution < -0.4 is 5.32 Å². The fourth-order valence-corrected chi connectivity index (χ4v) is 4.37. The van der Waals surface area contributed by atoms with Crippen LogP contribution in [0.1, 0.15) is 35.5 Å². The number of thiocarbonyl (C=S) groups is 1. The lowest BCUT2D eigenvalue weighted by Gasteiger charge is -2.29. The van der Waals surface area contributed by atoms with Gasteiger partial charge in [-0.1, -0.05) is 24.3 Å². The second kappa shape index (κ2) is 8.76. The molecule has 1 aromatic carbocycles. The van der Waals surface area contributed by atoms with E-state index >= 15 is 0 Å². The van der Waals surface area contributed by atoms with E-state index in [0.29, 0.717) is 6.61 Å². The molecule has 2 unspecified atom stereocenters. The summed E-state index contributed by atoms with van der Waals surface area (Å²) in [5, 5.41) is 4.28. The third-order valence-corrected chi connectivity index (χ3v) is 5.76. The maximum atomic E-state index is 5.74. The maximum absolute atomic E-state index is 5.74. The molecule has 1 fully saturated rings. The average Bonchev–Trinajstić information content (AvgIpc) is 3.34. The number of pyridine rings is 1. The predicted molar refractivity (Wildman–Crippen MR) is 119 cm³/mol. The van der Waals surface area contributed by atoms with Crippen LogP contribution >= 0.6 is 12.2 Å². The number of methoxy groups -OCH3 is 1. The monoisotopic (exact) mass is 406 g/mol. The Hall–Kier alpha value is -2.70. The molecule has 3 aromatic rings. The number of para-hydroxylation sites is 1. The van der Waals surface area contributed by atoms with Crippen molar-refractivity contribution in [1.82, 2.24) is 19.8 Å². The SMILES string of the molecule is COCCCN1C(=S)NC(c2ccccn2)C1c1cccn1-c1ccccc1C. The summed E-state index contributed by atoms with van der Waals surface area (Å²) in [6.07, 6.45) is 4.88. The van der Waals surface area contributed by atoms with Crippen LogP contribution in [-0.4, -0.2) is 39.8 Å². The number of nitrogens with one attached hydrogen (secondary N) is 1. The quantitative estimate of drug-likeness (QED) is 0.471. The largest absolute Gasteiger partial charge is 0.385 e. The highest BCUT2D eigenvalue weighted by atomic mass is 32.1. The molecule has 29 heavy (non-hydrogen) atoms. The maximum Gasteiger partial charge on any atom is 0.170 e. The Morgan fingerprint density at radius 1 is 1.10 bits per heavy atom. The lowest BCUT2D eigenvalue weighted by molar-refractivity contribution is 0.180. The van der Waals surface area contributed by atoms with Crippen LogP contribution in [0.5, 0.6) is 0 Å². The van der Waals surface area contributed by atoms with Crippen molar-refractivity contribution in [3.05, 3.63) is 83.9 Å². The van der Waals surface area contributed by atoms with Crippen LogP contribution in [-0.2, 0) is 4.74 Å². The number of nitrogens with zero attached hydrogens (tertiary/aromatic N) is 3. The summed E-state index contributed by atoms with van der Waals surface area (Å²) >= 11 is 5.74. The van der Waals surface area contributed by atoms with Crippen molar-refractivity contribution in [1.29, 1.82) is 0 Å². The van der Waals surface area contributed by atoms with Gasteiger partial charge in [-0.25, -0.2) is 0 Å². The summed E-state index contributed by atoms with van der Waals surface area (Å²) in [6.45, 7) is 3.68. The van der Waals surface area contributed by atoms with Crippen molar-refractivity contribution in [2.75, 3.05) is 20.3 Å². The van der Waals surface area contributed by atoms with Gasteiger partial charge in [-0.15, -0.1) is 0 Å². The molecule has 1 aliphatic rings. The van der Waals surface area contributed by atoms with E-state index < -0.39 is 0 Å². The molecular weight excluding hydrogens is 380 g/mol. The number of rotatable bonds is 7. The first-order valence-corrected chi connectivity index (χ1v) is 10.3. The van der Waals surface area contributed by atoms with Crippen LogP contribution in [0.15, 0.2) is 67.0 Å². The third kappa shape index (κ3) is 3.91. The Morgan fingerprint density at radius 3 is 2.69 bits per heavy atom. The van der Waals surface area contributed by atoms with Crippen LogP contribution in [0.3, 0.4) is 0 Å². The molecule has 2 aromatic heterocycles. The van der Waals surface area contributed by atoms with Gasteiger partial charge in [0.15, 0.2) is 5.11 Å². The highest BCUT2D eigenvalue weighted by Gasteiger charge is 2.40. The topological polar surface area (TPSA) is 42.3 Å². The van der Waals surface area contributed by atoms with Crippen LogP contribution in [0.25, 0.3) is 5.69 Å². The molecule has 1 N–H and O–H groups in total. The molecule has 0 bridgehead atoms. The average molecular weight is 407 g/mol. The number of aromatic nitrogens is 2. The zero-order valence-electron chi connectivity index (χ0n) is 16.8. The Morgan fingerprint density at radius 2 is 1.93 bits per heavy atom. The second-order valence-electron chi connectivity index (χ2n) is 7.26. The number of ether oxygens (including phenoxy) is 1. The minimum absolute atomic E-state index is 0.0103. The van der Waals surface area contributed by atoms with Gasteiger partial charge in [0.1, 0.15) is 0 Å². The summed E-state index contributed by atoms with van der Waals surface area (Å²) in [6, 6.07) is 18.8. The standard InChI is InChI=1S/C23H26N4OS/c1-17-9-3-4-11-19(17)26-14-7-12-20(26)22-21(18-10-5-6-13-24-18)25-23(29)27(22)15-8-16-28-2/h3-7,9-14,21-22H,8,15-16H2,1-2H3,(H,25,29). The van der Waals surface area contributed by atoms with Crippen molar-refractivity contribution in [2.45, 2.75) is 25.4 Å². The summed E-state index contributed by atoms with van der Waals surface area (Å²) in [5.74, 6) is 0. The van der Waals surface area contributed by atoms with E-state index in [9.17, 15) is 0 Å². The van der Waals surface area contributed by atoms with Gasteiger partial charge in [0.2, 0.25) is 0 Å². The molecule has 3 heterocycles. The Labute approximate surface area is 177 Å². The fraction of sp³-hybridized carbons (Fsp3) is 0.304. The molecule has 1 aliphatic heterocycles. The highest BCUT2D eigenvalue weighted by Crippen LogP contribution is 2.39. The normalized spacial score (nSPS) is 18.8. The van der Waals surface area contributed by atoms with Gasteiger partial charge >= 0.3 is 0 Å². The summed E-state index contributed by atoms with van der Waals surface area (Å²) in [7, 11) is 1.73. The van der Waals surface area contributed by atoms with Gasteiger partial charge < -0.3 is 19.5 Å². The molecule has 6 heteroatoms. The van der Waals surface area contributed by atoms with Gasteiger partial charge in [-0.05, 0) is 61.5 Å². The zero-order valence-corrected chi connectivity index (χ0v) is 17.6. The first-order valence-electron chi connectivity index (χ1n) is 9.91. The summed E-state index contributed by atoms with van der Waals surface area (Å²) < 4.78 is 7.55. The number of hydrogen-bond acceptors (Lipinski definition) is 3. The van der Waals surface area contributed by atoms with Gasteiger partial charge in [0.25, 0.3) is 0 Å². The van der Waals surface area contributed by atoms with E-state index in [1.54, 1.807) is 7.11 Å². The van der Waals surface area contributed by atoms with Gasteiger partial charge in [0, 0.05) is 44.0 Å². The summed E-state index contributed by atoms with van der Waals surface area (Å²) in [4.78, 5) is 6.90. The summed E-state index contributed by atoms with van der Waals surface area (Å²) in [5.41, 5.74) is 4.60. The van der Waals surface area contributed by atoms with E-state index in [1.807, 2.05) is 18.3 Å². The van der Waals surface area contributed by atoms with Crippen molar-refractivity contribution in [2.24, 2.45) is 0 Å². The Bertz CT molecular complexity index is 972. The molecular formula is C23H26N4OS. The van der Waals surface area contributed by atoms with Crippen LogP contribution in [0.2, 0.25) is 0 Å². The number of hydrogen-bond donors (Lipinski definition) is 1. The molecule has 5 nitrogen and oxygen atoms in total. The molecule has 0 saturated carbocycles. The Kier molecular flexibility index (Phi) is 5.92. The molecule has 4 rings (SSSR count). The van der Waals surface area contributed by atoms with E-state index in [-0.39, 0.29) is 12.1 Å². The lowest BCUT2D eigenvalue weighted by atomic mass is 10.0. The number of benzene rings is 1. The van der Waals surface area contributed by atoms with Crippen LogP contribution in [0, 0.1) is 6.92 Å². The van der Waals surface area contributed by atoms with E-state index in [4.69, 9.17) is 17.0 Å². The van der Waals surface area contributed by atoms with Gasteiger partial charge in [-0.2, -0.15) is 0 Å². The van der Waals surface area contributed by atoms with Gasteiger partial charge in [0.05, 0.1) is 17.8 Å². The molecule has 1 saturated heterocycles. The fourth-order valence-electron chi connectivity index (χ4n) is 4.04. The van der Waals surface area contributed by atoms with Crippen molar-refractivity contribution in [3.8, 4) is 5.69 Å². The van der Waals surface area contributed by atoms with E-state index in [1.165, 1.54) is 16.9 Å². The molecule has 0 radical (unpaired) electrons. The predicted octanol–water partition coefficient (Wildman–Crippen LogP) is 4.19. The van der Waals surface area contributed by atoms with Crippen molar-refractivity contribution in [3.63, 3.8) is 0 Å². The molecule has 150 valence electrons. The molecule has 0 aliphatic carbocycles. The lowest BCUT2D eigenvalue weighted by Crippen LogP contribution is -2.32. The smallest absolute Gasteiger partial charge is 0.170 e. The highest BCUT2D eigenvalue weighted by molar-refractivity contribution is 7.80. The Balaban J connectivity index is 1.77. The van der Waals surface area contributed by atoms with Gasteiger partial charge in [-0.3, -0.25) is 4.98 Å². The third-order valence-electron chi connectivity index (χ3n) is 5.40. The second-order valence-corrected chi connectivity index (χ2v) is 7.64. The first-order chi connectivity index (χ1) is 14.2. The van der Waals surface area contributed by atoms with E-state index in [0.717, 1.165) is 23.8 Å². The minimum Gasteiger partial charge on any atom is -0.385 e. The van der Waals surface area contributed by atoms with Crippen molar-refractivity contribution < 1.29 is 4.74 Å². The molecule has 2 atom stereocenters. The minimum atomic E-state index is -0.0103. The molecule has 0 spiro atoms. The van der Waals surface area contributed by atoms with Crippen LogP contribution in [0.4, 0.5) is 0 Å². The molecule has 0 amide bonds. The van der Waals surface area contributed by atoms with Crippen molar-refractivity contribution >= 4 is 17.3 Å². The number of aryl methyl sites for hydroxylation is 1. The first kappa shape index (κ1) is 19.6.